The quantitative estimate of drug-likeness (QED) is 0.353. The highest BCUT2D eigenvalue weighted by Crippen LogP contribution is 2.41. The van der Waals surface area contributed by atoms with Gasteiger partial charge in [0.25, 0.3) is 5.91 Å². The summed E-state index contributed by atoms with van der Waals surface area (Å²) < 4.78 is 30.2. The van der Waals surface area contributed by atoms with Crippen molar-refractivity contribution in [2.45, 2.75) is 89.4 Å². The molecule has 220 valence electrons. The number of carbonyl (C=O) groups excluding carboxylic acids is 1. The number of nitrogens with one attached hydrogen (secondary N) is 1. The minimum atomic E-state index is -3.30. The predicted molar refractivity (Wildman–Crippen MR) is 158 cm³/mol. The summed E-state index contributed by atoms with van der Waals surface area (Å²) in [6.07, 6.45) is 5.44. The van der Waals surface area contributed by atoms with E-state index in [4.69, 9.17) is 4.74 Å². The summed E-state index contributed by atoms with van der Waals surface area (Å²) in [7, 11) is -3.30. The first-order valence-corrected chi connectivity index (χ1v) is 16.5. The number of fused-ring (bicyclic) bond motifs is 1. The van der Waals surface area contributed by atoms with E-state index in [-0.39, 0.29) is 23.2 Å². The minimum absolute atomic E-state index is 0.0333. The maximum Gasteiger partial charge on any atom is 0.251 e. The fourth-order valence-corrected chi connectivity index (χ4v) is 7.34. The van der Waals surface area contributed by atoms with Crippen LogP contribution in [0.1, 0.15) is 98.9 Å². The Bertz CT molecular complexity index is 1240. The molecule has 0 spiro atoms. The molecule has 0 bridgehead atoms. The van der Waals surface area contributed by atoms with Gasteiger partial charge in [-0.2, -0.15) is 0 Å². The lowest BCUT2D eigenvalue weighted by Gasteiger charge is -2.35. The third kappa shape index (κ3) is 7.14. The molecule has 0 saturated heterocycles. The number of carbonyl (C=O) groups is 1. The maximum atomic E-state index is 13.4. The van der Waals surface area contributed by atoms with Gasteiger partial charge < -0.3 is 15.2 Å². The molecule has 2 aliphatic rings. The number of nitrogens with zero attached hydrogens (tertiary/aromatic N) is 1. The van der Waals surface area contributed by atoms with Crippen LogP contribution in [0.25, 0.3) is 0 Å². The van der Waals surface area contributed by atoms with Gasteiger partial charge in [-0.3, -0.25) is 9.69 Å². The summed E-state index contributed by atoms with van der Waals surface area (Å²) in [6, 6.07) is 12.6. The Morgan fingerprint density at radius 1 is 1.07 bits per heavy atom. The highest BCUT2D eigenvalue weighted by atomic mass is 32.2. The van der Waals surface area contributed by atoms with Gasteiger partial charge in [0.05, 0.1) is 22.8 Å². The lowest BCUT2D eigenvalue weighted by Crippen LogP contribution is -2.33. The first kappa shape index (κ1) is 30.7. The second-order valence-electron chi connectivity index (χ2n) is 11.6. The molecule has 1 fully saturated rings. The molecule has 0 radical (unpaired) electrons. The van der Waals surface area contributed by atoms with Gasteiger partial charge in [0.15, 0.2) is 9.84 Å². The fourth-order valence-electron chi connectivity index (χ4n) is 6.46. The van der Waals surface area contributed by atoms with Crippen molar-refractivity contribution in [3.05, 3.63) is 64.7 Å². The van der Waals surface area contributed by atoms with Crippen molar-refractivity contribution in [3.8, 4) is 0 Å². The Morgan fingerprint density at radius 2 is 1.77 bits per heavy atom. The van der Waals surface area contributed by atoms with Crippen molar-refractivity contribution >= 4 is 15.7 Å². The first-order chi connectivity index (χ1) is 19.2. The Kier molecular flexibility index (Phi) is 10.4. The normalized spacial score (nSPS) is 22.3. The Hall–Kier alpha value is -2.26. The minimum Gasteiger partial charge on any atom is -0.396 e. The summed E-state index contributed by atoms with van der Waals surface area (Å²) in [5, 5.41) is 12.7. The van der Waals surface area contributed by atoms with E-state index in [2.05, 4.69) is 37.1 Å². The Balaban J connectivity index is 1.45. The largest absolute Gasteiger partial charge is 0.396 e. The van der Waals surface area contributed by atoms with Crippen molar-refractivity contribution in [2.24, 2.45) is 11.8 Å². The third-order valence-electron chi connectivity index (χ3n) is 8.56. The number of aliphatic hydroxyl groups excluding tert-OH is 1. The molecule has 2 aromatic rings. The van der Waals surface area contributed by atoms with Crippen molar-refractivity contribution in [2.75, 3.05) is 25.5 Å². The van der Waals surface area contributed by atoms with Crippen LogP contribution >= 0.6 is 0 Å². The average Bonchev–Trinajstić information content (AvgIpc) is 3.31. The van der Waals surface area contributed by atoms with Gasteiger partial charge in [0, 0.05) is 37.9 Å². The second kappa shape index (κ2) is 13.6. The number of benzene rings is 2. The Labute approximate surface area is 240 Å². The van der Waals surface area contributed by atoms with Gasteiger partial charge in [0.1, 0.15) is 0 Å². The van der Waals surface area contributed by atoms with Gasteiger partial charge in [-0.15, -0.1) is 0 Å². The Morgan fingerprint density at radius 3 is 2.38 bits per heavy atom. The molecule has 1 aliphatic carbocycles. The second-order valence-corrected chi connectivity index (χ2v) is 13.9. The predicted octanol–water partition coefficient (Wildman–Crippen LogP) is 5.44. The average molecular weight is 571 g/mol. The molecule has 1 amide bonds. The maximum absolute atomic E-state index is 13.4. The molecular formula is C32H46N2O5S. The van der Waals surface area contributed by atoms with E-state index < -0.39 is 15.9 Å². The van der Waals surface area contributed by atoms with Crippen LogP contribution in [0.15, 0.2) is 47.4 Å². The fraction of sp³-hybridized carbons (Fsp3) is 0.594. The first-order valence-electron chi connectivity index (χ1n) is 14.9. The number of aliphatic hydroxyl groups is 1. The summed E-state index contributed by atoms with van der Waals surface area (Å²) >= 11 is 0. The number of ether oxygens (including phenoxy) is 1. The van der Waals surface area contributed by atoms with E-state index in [1.54, 1.807) is 31.2 Å². The number of hydrogen-bond acceptors (Lipinski definition) is 6. The lowest BCUT2D eigenvalue weighted by atomic mass is 9.86. The zero-order valence-electron chi connectivity index (χ0n) is 24.4. The van der Waals surface area contributed by atoms with Crippen molar-refractivity contribution < 1.29 is 23.1 Å². The van der Waals surface area contributed by atoms with Gasteiger partial charge in [-0.25, -0.2) is 8.42 Å². The molecule has 2 aromatic carbocycles. The third-order valence-corrected chi connectivity index (χ3v) is 10.3. The number of hydrogen-bond donors (Lipinski definition) is 2. The SMILES string of the molecule is CCOC1CCC(CN2Cc3cc(C(=O)N[C@@H](CCO)c4ccc(S(=O)(=O)CC)cc4)ccc3[C@@H]2C(C)C)CC1. The zero-order chi connectivity index (χ0) is 28.9. The lowest BCUT2D eigenvalue weighted by molar-refractivity contribution is 0.0175. The molecule has 1 saturated carbocycles. The van der Waals surface area contributed by atoms with E-state index in [0.717, 1.165) is 38.1 Å². The molecular weight excluding hydrogens is 524 g/mol. The summed E-state index contributed by atoms with van der Waals surface area (Å²) in [5.74, 6) is 0.980. The van der Waals surface area contributed by atoms with Gasteiger partial charge in [0.2, 0.25) is 0 Å². The van der Waals surface area contributed by atoms with E-state index in [1.807, 2.05) is 12.1 Å². The summed E-state index contributed by atoms with van der Waals surface area (Å²) in [5.41, 5.74) is 3.90. The number of rotatable bonds is 12. The highest BCUT2D eigenvalue weighted by molar-refractivity contribution is 7.91. The summed E-state index contributed by atoms with van der Waals surface area (Å²) in [4.78, 5) is 16.2. The van der Waals surface area contributed by atoms with Crippen LogP contribution in [0.3, 0.4) is 0 Å². The van der Waals surface area contributed by atoms with Crippen molar-refractivity contribution in [3.63, 3.8) is 0 Å². The molecule has 8 heteroatoms. The molecule has 2 N–H and O–H groups in total. The topological polar surface area (TPSA) is 95.9 Å². The molecule has 0 aromatic heterocycles. The molecule has 1 aliphatic heterocycles. The van der Waals surface area contributed by atoms with Crippen molar-refractivity contribution in [1.82, 2.24) is 10.2 Å². The molecule has 7 nitrogen and oxygen atoms in total. The zero-order valence-corrected chi connectivity index (χ0v) is 25.3. The van der Waals surface area contributed by atoms with Crippen LogP contribution in [0.5, 0.6) is 0 Å². The highest BCUT2D eigenvalue weighted by Gasteiger charge is 2.35. The van der Waals surface area contributed by atoms with Crippen LogP contribution in [0, 0.1) is 11.8 Å². The van der Waals surface area contributed by atoms with E-state index in [0.29, 0.717) is 36.0 Å². The molecule has 0 unspecified atom stereocenters. The monoisotopic (exact) mass is 570 g/mol. The van der Waals surface area contributed by atoms with Crippen LogP contribution in [-0.2, 0) is 21.1 Å². The van der Waals surface area contributed by atoms with E-state index in [9.17, 15) is 18.3 Å². The van der Waals surface area contributed by atoms with Crippen LogP contribution < -0.4 is 5.32 Å². The van der Waals surface area contributed by atoms with Gasteiger partial charge in [-0.1, -0.05) is 39.0 Å². The van der Waals surface area contributed by atoms with E-state index in [1.165, 1.54) is 24.0 Å². The van der Waals surface area contributed by atoms with Crippen LogP contribution in [-0.4, -0.2) is 55.9 Å². The number of sulfone groups is 1. The standard InChI is InChI=1S/C32H46N2O5S/c1-5-39-27-12-7-23(8-13-27)20-34-21-26-19-25(11-16-29(26)31(34)22(3)4)32(36)33-30(17-18-35)24-9-14-28(15-10-24)40(37,38)6-2/h9-11,14-16,19,22-23,27,30-31,35H,5-8,12-13,17-18,20-21H2,1-4H3,(H,33,36)/t23?,27?,30-,31-/m0/s1. The van der Waals surface area contributed by atoms with E-state index >= 15 is 0 Å². The van der Waals surface area contributed by atoms with Crippen LogP contribution in [0.4, 0.5) is 0 Å². The van der Waals surface area contributed by atoms with Crippen LogP contribution in [0.2, 0.25) is 0 Å². The molecule has 1 heterocycles. The smallest absolute Gasteiger partial charge is 0.251 e. The van der Waals surface area contributed by atoms with Gasteiger partial charge >= 0.3 is 0 Å². The summed E-state index contributed by atoms with van der Waals surface area (Å²) in [6.45, 7) is 10.8. The molecule has 4 rings (SSSR count). The molecule has 40 heavy (non-hydrogen) atoms. The van der Waals surface area contributed by atoms with Gasteiger partial charge in [-0.05, 0) is 91.8 Å². The number of amides is 1. The molecule has 2 atom stereocenters. The van der Waals surface area contributed by atoms with Crippen molar-refractivity contribution in [1.29, 1.82) is 0 Å².